The summed E-state index contributed by atoms with van der Waals surface area (Å²) in [6, 6.07) is 11.8. The van der Waals surface area contributed by atoms with E-state index in [4.69, 9.17) is 4.74 Å². The average Bonchev–Trinajstić information content (AvgIpc) is 2.83. The van der Waals surface area contributed by atoms with Crippen LogP contribution in [0.1, 0.15) is 43.5 Å². The number of amides is 1. The van der Waals surface area contributed by atoms with Gasteiger partial charge in [-0.1, -0.05) is 12.1 Å². The Balaban J connectivity index is 1.84. The number of rotatable bonds is 5. The molecule has 1 unspecified atom stereocenters. The van der Waals surface area contributed by atoms with E-state index < -0.39 is 5.41 Å². The highest BCUT2D eigenvalue weighted by Crippen LogP contribution is 2.39. The van der Waals surface area contributed by atoms with Gasteiger partial charge in [0.1, 0.15) is 5.75 Å². The fraction of sp³-hybridized carbons (Fsp3) is 0.350. The standard InChI is InChI=1S/C20H24N2O3/c1-12(21-15-6-8-18(25-4)14(9-15)11-23)13-5-7-17-16(10-13)20(2,3)19(24)22-17/h5-10,12,21,23H,11H2,1-4H3,(H,22,24). The first-order chi connectivity index (χ1) is 11.9. The van der Waals surface area contributed by atoms with Gasteiger partial charge in [0, 0.05) is 23.0 Å². The van der Waals surface area contributed by atoms with Crippen molar-refractivity contribution in [2.24, 2.45) is 0 Å². The first-order valence-electron chi connectivity index (χ1n) is 8.37. The van der Waals surface area contributed by atoms with E-state index in [1.807, 2.05) is 44.2 Å². The van der Waals surface area contributed by atoms with Crippen molar-refractivity contribution < 1.29 is 14.6 Å². The van der Waals surface area contributed by atoms with Crippen LogP contribution in [0, 0.1) is 0 Å². The molecule has 25 heavy (non-hydrogen) atoms. The lowest BCUT2D eigenvalue weighted by Gasteiger charge is -2.20. The van der Waals surface area contributed by atoms with Crippen LogP contribution in [0.3, 0.4) is 0 Å². The molecule has 1 aliphatic heterocycles. The summed E-state index contributed by atoms with van der Waals surface area (Å²) in [5.41, 5.74) is 4.14. The van der Waals surface area contributed by atoms with Gasteiger partial charge in [-0.3, -0.25) is 4.79 Å². The maximum absolute atomic E-state index is 12.1. The van der Waals surface area contributed by atoms with E-state index in [0.29, 0.717) is 5.75 Å². The molecule has 1 aliphatic rings. The Morgan fingerprint density at radius 2 is 2.00 bits per heavy atom. The monoisotopic (exact) mass is 340 g/mol. The number of nitrogens with one attached hydrogen (secondary N) is 2. The number of carbonyl (C=O) groups is 1. The Hall–Kier alpha value is -2.53. The molecule has 0 saturated heterocycles. The lowest BCUT2D eigenvalue weighted by molar-refractivity contribution is -0.119. The lowest BCUT2D eigenvalue weighted by atomic mass is 9.85. The first-order valence-corrected chi connectivity index (χ1v) is 8.37. The molecule has 0 aromatic heterocycles. The Bertz CT molecular complexity index is 815. The molecule has 0 fully saturated rings. The molecule has 5 heteroatoms. The highest BCUT2D eigenvalue weighted by molar-refractivity contribution is 6.05. The Morgan fingerprint density at radius 1 is 1.24 bits per heavy atom. The highest BCUT2D eigenvalue weighted by atomic mass is 16.5. The van der Waals surface area contributed by atoms with Crippen molar-refractivity contribution in [2.75, 3.05) is 17.7 Å². The van der Waals surface area contributed by atoms with Crippen LogP contribution < -0.4 is 15.4 Å². The predicted molar refractivity (Wildman–Crippen MR) is 99.1 cm³/mol. The minimum atomic E-state index is -0.519. The van der Waals surface area contributed by atoms with Crippen molar-refractivity contribution in [1.29, 1.82) is 0 Å². The number of aliphatic hydroxyl groups excluding tert-OH is 1. The minimum Gasteiger partial charge on any atom is -0.496 e. The smallest absolute Gasteiger partial charge is 0.234 e. The quantitative estimate of drug-likeness (QED) is 0.778. The van der Waals surface area contributed by atoms with E-state index >= 15 is 0 Å². The summed E-state index contributed by atoms with van der Waals surface area (Å²) >= 11 is 0. The molecule has 1 amide bonds. The van der Waals surface area contributed by atoms with Crippen LogP contribution in [-0.2, 0) is 16.8 Å². The van der Waals surface area contributed by atoms with Gasteiger partial charge in [-0.05, 0) is 56.2 Å². The maximum Gasteiger partial charge on any atom is 0.234 e. The molecular weight excluding hydrogens is 316 g/mol. The highest BCUT2D eigenvalue weighted by Gasteiger charge is 2.38. The van der Waals surface area contributed by atoms with Crippen molar-refractivity contribution in [3.8, 4) is 5.75 Å². The number of fused-ring (bicyclic) bond motifs is 1. The van der Waals surface area contributed by atoms with Gasteiger partial charge in [0.15, 0.2) is 0 Å². The number of carbonyl (C=O) groups excluding carboxylic acids is 1. The SMILES string of the molecule is COc1ccc(NC(C)c2ccc3c(c2)C(C)(C)C(=O)N3)cc1CO. The molecule has 1 atom stereocenters. The fourth-order valence-electron chi connectivity index (χ4n) is 3.18. The number of hydrogen-bond acceptors (Lipinski definition) is 4. The zero-order valence-electron chi connectivity index (χ0n) is 15.0. The molecule has 0 spiro atoms. The maximum atomic E-state index is 12.1. The number of aliphatic hydroxyl groups is 1. The van der Waals surface area contributed by atoms with Crippen molar-refractivity contribution in [3.05, 3.63) is 53.1 Å². The molecule has 5 nitrogen and oxygen atoms in total. The summed E-state index contributed by atoms with van der Waals surface area (Å²) in [5.74, 6) is 0.701. The number of hydrogen-bond donors (Lipinski definition) is 3. The van der Waals surface area contributed by atoms with Crippen LogP contribution in [0.5, 0.6) is 5.75 Å². The second-order valence-electron chi connectivity index (χ2n) is 6.93. The number of ether oxygens (including phenoxy) is 1. The van der Waals surface area contributed by atoms with Crippen molar-refractivity contribution >= 4 is 17.3 Å². The van der Waals surface area contributed by atoms with Gasteiger partial charge in [-0.2, -0.15) is 0 Å². The molecule has 3 rings (SSSR count). The van der Waals surface area contributed by atoms with E-state index in [2.05, 4.69) is 23.6 Å². The van der Waals surface area contributed by atoms with E-state index in [1.165, 1.54) is 0 Å². The third-order valence-corrected chi connectivity index (χ3v) is 4.87. The second kappa shape index (κ2) is 6.41. The van der Waals surface area contributed by atoms with Crippen LogP contribution in [-0.4, -0.2) is 18.1 Å². The Labute approximate surface area is 148 Å². The number of methoxy groups -OCH3 is 1. The summed E-state index contributed by atoms with van der Waals surface area (Å²) in [7, 11) is 1.59. The third-order valence-electron chi connectivity index (χ3n) is 4.87. The van der Waals surface area contributed by atoms with E-state index in [0.717, 1.165) is 28.1 Å². The molecule has 1 heterocycles. The molecule has 0 bridgehead atoms. The van der Waals surface area contributed by atoms with Gasteiger partial charge in [0.05, 0.1) is 19.1 Å². The van der Waals surface area contributed by atoms with Gasteiger partial charge in [0.25, 0.3) is 0 Å². The summed E-state index contributed by atoms with van der Waals surface area (Å²) in [6.07, 6.45) is 0. The lowest BCUT2D eigenvalue weighted by Crippen LogP contribution is -2.27. The molecule has 3 N–H and O–H groups in total. The van der Waals surface area contributed by atoms with Gasteiger partial charge in [0.2, 0.25) is 5.91 Å². The second-order valence-corrected chi connectivity index (χ2v) is 6.93. The van der Waals surface area contributed by atoms with E-state index in [1.54, 1.807) is 7.11 Å². The molecule has 2 aromatic rings. The zero-order valence-corrected chi connectivity index (χ0v) is 15.0. The van der Waals surface area contributed by atoms with Crippen LogP contribution in [0.2, 0.25) is 0 Å². The summed E-state index contributed by atoms with van der Waals surface area (Å²) in [4.78, 5) is 12.1. The fourth-order valence-corrected chi connectivity index (χ4v) is 3.18. The largest absolute Gasteiger partial charge is 0.496 e. The first kappa shape index (κ1) is 17.3. The van der Waals surface area contributed by atoms with Crippen molar-refractivity contribution in [1.82, 2.24) is 0 Å². The molecule has 0 aliphatic carbocycles. The van der Waals surface area contributed by atoms with Gasteiger partial charge < -0.3 is 20.5 Å². The van der Waals surface area contributed by atoms with Crippen LogP contribution >= 0.6 is 0 Å². The normalized spacial score (nSPS) is 16.1. The molecular formula is C20H24N2O3. The predicted octanol–water partition coefficient (Wildman–Crippen LogP) is 3.59. The Morgan fingerprint density at radius 3 is 2.68 bits per heavy atom. The van der Waals surface area contributed by atoms with Crippen molar-refractivity contribution in [3.63, 3.8) is 0 Å². The van der Waals surface area contributed by atoms with Crippen LogP contribution in [0.4, 0.5) is 11.4 Å². The number of anilines is 2. The molecule has 2 aromatic carbocycles. The van der Waals surface area contributed by atoms with Crippen molar-refractivity contribution in [2.45, 2.75) is 38.8 Å². The van der Waals surface area contributed by atoms with Gasteiger partial charge in [-0.15, -0.1) is 0 Å². The van der Waals surface area contributed by atoms with Gasteiger partial charge >= 0.3 is 0 Å². The molecule has 0 radical (unpaired) electrons. The minimum absolute atomic E-state index is 0.0306. The van der Waals surface area contributed by atoms with Crippen LogP contribution in [0.15, 0.2) is 36.4 Å². The third kappa shape index (κ3) is 3.07. The summed E-state index contributed by atoms with van der Waals surface area (Å²) in [6.45, 7) is 5.87. The molecule has 0 saturated carbocycles. The Kier molecular flexibility index (Phi) is 4.43. The van der Waals surface area contributed by atoms with E-state index in [9.17, 15) is 9.90 Å². The summed E-state index contributed by atoms with van der Waals surface area (Å²) < 4.78 is 5.24. The average molecular weight is 340 g/mol. The molecule has 132 valence electrons. The van der Waals surface area contributed by atoms with Crippen LogP contribution in [0.25, 0.3) is 0 Å². The topological polar surface area (TPSA) is 70.6 Å². The van der Waals surface area contributed by atoms with E-state index in [-0.39, 0.29) is 18.6 Å². The van der Waals surface area contributed by atoms with Gasteiger partial charge in [-0.25, -0.2) is 0 Å². The summed E-state index contributed by atoms with van der Waals surface area (Å²) in [5, 5.41) is 15.8. The zero-order chi connectivity index (χ0) is 18.2. The number of benzene rings is 2.